The summed E-state index contributed by atoms with van der Waals surface area (Å²) in [6.07, 6.45) is 6.84. The third-order valence-corrected chi connectivity index (χ3v) is 5.55. The van der Waals surface area contributed by atoms with E-state index >= 15 is 0 Å². The molecule has 0 unspecified atom stereocenters. The maximum absolute atomic E-state index is 4.91. The van der Waals surface area contributed by atoms with E-state index < -0.39 is 0 Å². The number of fused-ring (bicyclic) bond motifs is 1. The van der Waals surface area contributed by atoms with Crippen molar-refractivity contribution in [2.45, 2.75) is 51.1 Å². The van der Waals surface area contributed by atoms with Crippen molar-refractivity contribution in [3.63, 3.8) is 0 Å². The van der Waals surface area contributed by atoms with Crippen molar-refractivity contribution in [1.82, 2.24) is 20.2 Å². The summed E-state index contributed by atoms with van der Waals surface area (Å²) in [6.45, 7) is 6.58. The maximum atomic E-state index is 4.91. The highest BCUT2D eigenvalue weighted by Crippen LogP contribution is 2.24. The Morgan fingerprint density at radius 3 is 2.92 bits per heavy atom. The van der Waals surface area contributed by atoms with Gasteiger partial charge in [-0.25, -0.2) is 9.97 Å². The van der Waals surface area contributed by atoms with Gasteiger partial charge in [-0.2, -0.15) is 0 Å². The Balaban J connectivity index is 1.41. The molecule has 0 bridgehead atoms. The molecule has 0 amide bonds. The van der Waals surface area contributed by atoms with Crippen molar-refractivity contribution in [3.8, 4) is 0 Å². The molecule has 2 aliphatic rings. The molecular weight excluding hydrogens is 308 g/mol. The molecule has 1 aromatic heterocycles. The molecule has 4 rings (SSSR count). The third kappa shape index (κ3) is 3.91. The fourth-order valence-corrected chi connectivity index (χ4v) is 4.06. The van der Waals surface area contributed by atoms with Crippen molar-refractivity contribution >= 4 is 0 Å². The molecule has 132 valence electrons. The standard InChI is InChI=1S/C21H28N4/c1-16(17-7-3-2-4-8-17)14-25-12-10-19-18(15-25)13-23-21(24-19)20-9-5-6-11-22-20/h2-4,7-8,13,16,20,22H,5-6,9-12,14-15H2,1H3/t16-,20-/m1/s1. The van der Waals surface area contributed by atoms with Gasteiger partial charge in [0.05, 0.1) is 6.04 Å². The van der Waals surface area contributed by atoms with Crippen molar-refractivity contribution < 1.29 is 0 Å². The SMILES string of the molecule is C[C@H](CN1CCc2nc([C@H]3CCCCN3)ncc2C1)c1ccccc1. The van der Waals surface area contributed by atoms with E-state index in [4.69, 9.17) is 4.98 Å². The molecule has 4 nitrogen and oxygen atoms in total. The van der Waals surface area contributed by atoms with Crippen LogP contribution in [0.4, 0.5) is 0 Å². The molecule has 1 N–H and O–H groups in total. The lowest BCUT2D eigenvalue weighted by molar-refractivity contribution is 0.238. The molecule has 0 spiro atoms. The number of nitrogens with zero attached hydrogens (tertiary/aromatic N) is 3. The molecular formula is C21H28N4. The minimum absolute atomic E-state index is 0.357. The summed E-state index contributed by atoms with van der Waals surface area (Å²) in [5.74, 6) is 1.55. The fourth-order valence-electron chi connectivity index (χ4n) is 4.06. The normalized spacial score (nSPS) is 22.4. The van der Waals surface area contributed by atoms with Gasteiger partial charge in [0, 0.05) is 43.5 Å². The van der Waals surface area contributed by atoms with Crippen LogP contribution in [0.3, 0.4) is 0 Å². The summed E-state index contributed by atoms with van der Waals surface area (Å²) in [5, 5.41) is 3.56. The van der Waals surface area contributed by atoms with Crippen LogP contribution in [-0.2, 0) is 13.0 Å². The van der Waals surface area contributed by atoms with Gasteiger partial charge in [0.15, 0.2) is 0 Å². The van der Waals surface area contributed by atoms with E-state index in [9.17, 15) is 0 Å². The lowest BCUT2D eigenvalue weighted by atomic mass is 9.98. The lowest BCUT2D eigenvalue weighted by Crippen LogP contribution is -2.35. The molecule has 1 fully saturated rings. The molecule has 1 saturated heterocycles. The molecule has 4 heteroatoms. The predicted molar refractivity (Wildman–Crippen MR) is 100 cm³/mol. The van der Waals surface area contributed by atoms with Gasteiger partial charge in [-0.15, -0.1) is 0 Å². The van der Waals surface area contributed by atoms with Gasteiger partial charge in [-0.3, -0.25) is 4.90 Å². The number of nitrogens with one attached hydrogen (secondary N) is 1. The number of hydrogen-bond donors (Lipinski definition) is 1. The second kappa shape index (κ2) is 7.63. The highest BCUT2D eigenvalue weighted by Gasteiger charge is 2.23. The Hall–Kier alpha value is -1.78. The Morgan fingerprint density at radius 2 is 2.12 bits per heavy atom. The zero-order valence-corrected chi connectivity index (χ0v) is 15.1. The zero-order valence-electron chi connectivity index (χ0n) is 15.1. The van der Waals surface area contributed by atoms with E-state index in [0.29, 0.717) is 12.0 Å². The van der Waals surface area contributed by atoms with Crippen LogP contribution in [0.25, 0.3) is 0 Å². The second-order valence-corrected chi connectivity index (χ2v) is 7.50. The molecule has 2 aliphatic heterocycles. The largest absolute Gasteiger partial charge is 0.307 e. The summed E-state index contributed by atoms with van der Waals surface area (Å²) in [6, 6.07) is 11.2. The second-order valence-electron chi connectivity index (χ2n) is 7.50. The smallest absolute Gasteiger partial charge is 0.145 e. The quantitative estimate of drug-likeness (QED) is 0.928. The van der Waals surface area contributed by atoms with Crippen molar-refractivity contribution in [1.29, 1.82) is 0 Å². The van der Waals surface area contributed by atoms with Crippen molar-refractivity contribution in [3.05, 3.63) is 59.2 Å². The predicted octanol–water partition coefficient (Wildman–Crippen LogP) is 3.45. The molecule has 2 aromatic rings. The van der Waals surface area contributed by atoms with Gasteiger partial charge < -0.3 is 5.32 Å². The van der Waals surface area contributed by atoms with Crippen LogP contribution in [0.1, 0.15) is 60.8 Å². The molecule has 3 heterocycles. The third-order valence-electron chi connectivity index (χ3n) is 5.55. The molecule has 25 heavy (non-hydrogen) atoms. The van der Waals surface area contributed by atoms with Gasteiger partial charge in [0.25, 0.3) is 0 Å². The zero-order chi connectivity index (χ0) is 17.1. The van der Waals surface area contributed by atoms with Gasteiger partial charge >= 0.3 is 0 Å². The lowest BCUT2D eigenvalue weighted by Gasteiger charge is -2.31. The summed E-state index contributed by atoms with van der Waals surface area (Å²) >= 11 is 0. The number of hydrogen-bond acceptors (Lipinski definition) is 4. The van der Waals surface area contributed by atoms with E-state index in [-0.39, 0.29) is 0 Å². The van der Waals surface area contributed by atoms with Crippen LogP contribution in [0, 0.1) is 0 Å². The average molecular weight is 336 g/mol. The van der Waals surface area contributed by atoms with E-state index in [1.54, 1.807) is 0 Å². The van der Waals surface area contributed by atoms with E-state index in [1.165, 1.54) is 36.1 Å². The van der Waals surface area contributed by atoms with Crippen LogP contribution < -0.4 is 5.32 Å². The van der Waals surface area contributed by atoms with Gasteiger partial charge in [0.1, 0.15) is 5.82 Å². The summed E-state index contributed by atoms with van der Waals surface area (Å²) < 4.78 is 0. The van der Waals surface area contributed by atoms with Crippen LogP contribution in [0.15, 0.2) is 36.5 Å². The maximum Gasteiger partial charge on any atom is 0.145 e. The first kappa shape index (κ1) is 16.7. The molecule has 1 aromatic carbocycles. The fraction of sp³-hybridized carbons (Fsp3) is 0.524. The van der Waals surface area contributed by atoms with Crippen LogP contribution >= 0.6 is 0 Å². The minimum atomic E-state index is 0.357. The monoisotopic (exact) mass is 336 g/mol. The first-order valence-corrected chi connectivity index (χ1v) is 9.65. The molecule has 0 saturated carbocycles. The highest BCUT2D eigenvalue weighted by atomic mass is 15.1. The Kier molecular flexibility index (Phi) is 5.09. The Bertz CT molecular complexity index is 694. The number of piperidine rings is 1. The van der Waals surface area contributed by atoms with Crippen LogP contribution in [-0.4, -0.2) is 34.5 Å². The summed E-state index contributed by atoms with van der Waals surface area (Å²) in [5.41, 5.74) is 4.00. The topological polar surface area (TPSA) is 41.1 Å². The van der Waals surface area contributed by atoms with Crippen molar-refractivity contribution in [2.24, 2.45) is 0 Å². The Labute approximate surface area is 150 Å². The molecule has 2 atom stereocenters. The van der Waals surface area contributed by atoms with Crippen LogP contribution in [0.5, 0.6) is 0 Å². The van der Waals surface area contributed by atoms with E-state index in [2.05, 4.69) is 58.7 Å². The molecule has 0 radical (unpaired) electrons. The Morgan fingerprint density at radius 1 is 1.24 bits per heavy atom. The van der Waals surface area contributed by atoms with E-state index in [1.807, 2.05) is 0 Å². The van der Waals surface area contributed by atoms with Gasteiger partial charge in [0.2, 0.25) is 0 Å². The molecule has 0 aliphatic carbocycles. The average Bonchev–Trinajstić information content (AvgIpc) is 2.69. The highest BCUT2D eigenvalue weighted by molar-refractivity contribution is 5.23. The first-order valence-electron chi connectivity index (χ1n) is 9.65. The van der Waals surface area contributed by atoms with Crippen molar-refractivity contribution in [2.75, 3.05) is 19.6 Å². The summed E-state index contributed by atoms with van der Waals surface area (Å²) in [7, 11) is 0. The van der Waals surface area contributed by atoms with Gasteiger partial charge in [-0.05, 0) is 30.9 Å². The summed E-state index contributed by atoms with van der Waals surface area (Å²) in [4.78, 5) is 12.1. The minimum Gasteiger partial charge on any atom is -0.307 e. The van der Waals surface area contributed by atoms with Gasteiger partial charge in [-0.1, -0.05) is 43.7 Å². The first-order chi connectivity index (χ1) is 12.3. The van der Waals surface area contributed by atoms with Crippen LogP contribution in [0.2, 0.25) is 0 Å². The van der Waals surface area contributed by atoms with E-state index in [0.717, 1.165) is 38.4 Å². The number of aromatic nitrogens is 2. The number of benzene rings is 1. The number of rotatable bonds is 4.